The number of carboxylic acids is 2. The Bertz CT molecular complexity index is 841. The third-order valence-electron chi connectivity index (χ3n) is 6.11. The van der Waals surface area contributed by atoms with Crippen LogP contribution in [0.4, 0.5) is 26.3 Å². The van der Waals surface area contributed by atoms with E-state index in [1.807, 2.05) is 24.4 Å². The Morgan fingerprint density at radius 2 is 1.65 bits per heavy atom. The summed E-state index contributed by atoms with van der Waals surface area (Å²) in [5, 5.41) is 14.2. The van der Waals surface area contributed by atoms with Gasteiger partial charge in [0.25, 0.3) is 0 Å². The van der Waals surface area contributed by atoms with Crippen LogP contribution in [0.5, 0.6) is 0 Å². The third kappa shape index (κ3) is 9.72. The predicted octanol–water partition coefficient (Wildman–Crippen LogP) is 2.99. The monoisotopic (exact) mass is 546 g/mol. The number of halogens is 6. The van der Waals surface area contributed by atoms with E-state index in [9.17, 15) is 26.3 Å². The first-order chi connectivity index (χ1) is 17.2. The lowest BCUT2D eigenvalue weighted by atomic mass is 9.82. The first-order valence-electron chi connectivity index (χ1n) is 11.2. The molecule has 3 aliphatic rings. The molecule has 0 unspecified atom stereocenters. The quantitative estimate of drug-likeness (QED) is 0.538. The number of ether oxygens (including phenoxy) is 3. The molecule has 1 aromatic heterocycles. The predicted molar refractivity (Wildman–Crippen MR) is 113 cm³/mol. The fraction of sp³-hybridized carbons (Fsp3) is 0.682. The average molecular weight is 546 g/mol. The number of hydrogen-bond donors (Lipinski definition) is 2. The van der Waals surface area contributed by atoms with Gasteiger partial charge in [0.2, 0.25) is 0 Å². The average Bonchev–Trinajstić information content (AvgIpc) is 3.37. The van der Waals surface area contributed by atoms with Gasteiger partial charge in [0, 0.05) is 49.9 Å². The highest BCUT2D eigenvalue weighted by Crippen LogP contribution is 2.43. The summed E-state index contributed by atoms with van der Waals surface area (Å²) in [6.07, 6.45) is -6.02. The zero-order valence-corrected chi connectivity index (χ0v) is 19.6. The van der Waals surface area contributed by atoms with Gasteiger partial charge in [-0.2, -0.15) is 26.3 Å². The largest absolute Gasteiger partial charge is 0.490 e. The highest BCUT2D eigenvalue weighted by atomic mass is 19.4. The summed E-state index contributed by atoms with van der Waals surface area (Å²) in [5.74, 6) is -4.91. The molecule has 0 amide bonds. The molecule has 1 aromatic rings. The van der Waals surface area contributed by atoms with Crippen LogP contribution in [0.3, 0.4) is 0 Å². The molecule has 9 nitrogen and oxygen atoms in total. The van der Waals surface area contributed by atoms with Crippen molar-refractivity contribution in [2.75, 3.05) is 46.1 Å². The van der Waals surface area contributed by atoms with Gasteiger partial charge < -0.3 is 24.4 Å². The fourth-order valence-electron chi connectivity index (χ4n) is 4.25. The molecule has 0 aliphatic carbocycles. The van der Waals surface area contributed by atoms with Crippen LogP contribution in [0.25, 0.3) is 0 Å². The summed E-state index contributed by atoms with van der Waals surface area (Å²) in [6.45, 7) is 7.14. The summed E-state index contributed by atoms with van der Waals surface area (Å²) in [4.78, 5) is 24.8. The molecule has 0 bridgehead atoms. The molecule has 0 radical (unpaired) electrons. The Morgan fingerprint density at radius 3 is 2.16 bits per heavy atom. The second-order valence-corrected chi connectivity index (χ2v) is 8.77. The van der Waals surface area contributed by atoms with Crippen LogP contribution >= 0.6 is 0 Å². The lowest BCUT2D eigenvalue weighted by molar-refractivity contribution is -0.193. The Balaban J connectivity index is 0.000000286. The number of nitrogens with zero attached hydrogens (tertiary/aromatic N) is 2. The van der Waals surface area contributed by atoms with Crippen LogP contribution in [0.2, 0.25) is 0 Å². The van der Waals surface area contributed by atoms with Gasteiger partial charge in [-0.3, -0.25) is 9.88 Å². The summed E-state index contributed by atoms with van der Waals surface area (Å²) in [5.41, 5.74) is 1.17. The van der Waals surface area contributed by atoms with Crippen LogP contribution in [0, 0.1) is 11.3 Å². The van der Waals surface area contributed by atoms with Gasteiger partial charge in [-0.05, 0) is 25.0 Å². The number of pyridine rings is 1. The second-order valence-electron chi connectivity index (χ2n) is 8.77. The lowest BCUT2D eigenvalue weighted by Gasteiger charge is -2.33. The van der Waals surface area contributed by atoms with Crippen LogP contribution in [-0.4, -0.2) is 96.6 Å². The Morgan fingerprint density at radius 1 is 1.05 bits per heavy atom. The third-order valence-corrected chi connectivity index (χ3v) is 6.11. The van der Waals surface area contributed by atoms with E-state index < -0.39 is 24.3 Å². The van der Waals surface area contributed by atoms with Crippen molar-refractivity contribution >= 4 is 11.9 Å². The second kappa shape index (κ2) is 13.3. The molecular weight excluding hydrogens is 518 g/mol. The maximum Gasteiger partial charge on any atom is 0.490 e. The summed E-state index contributed by atoms with van der Waals surface area (Å²) in [7, 11) is 0. The van der Waals surface area contributed by atoms with E-state index in [2.05, 4.69) is 9.88 Å². The fourth-order valence-corrected chi connectivity index (χ4v) is 4.25. The first-order valence-corrected chi connectivity index (χ1v) is 11.2. The van der Waals surface area contributed by atoms with Gasteiger partial charge >= 0.3 is 24.3 Å². The van der Waals surface area contributed by atoms with E-state index in [1.165, 1.54) is 12.8 Å². The van der Waals surface area contributed by atoms with E-state index in [4.69, 9.17) is 34.0 Å². The molecule has 210 valence electrons. The minimum absolute atomic E-state index is 0.174. The molecule has 3 saturated heterocycles. The molecule has 4 heterocycles. The molecule has 2 N–H and O–H groups in total. The van der Waals surface area contributed by atoms with Crippen LogP contribution in [-0.2, 0) is 30.4 Å². The van der Waals surface area contributed by atoms with Gasteiger partial charge in [0.05, 0.1) is 32.1 Å². The van der Waals surface area contributed by atoms with Crippen molar-refractivity contribution in [2.24, 2.45) is 11.3 Å². The smallest absolute Gasteiger partial charge is 0.475 e. The van der Waals surface area contributed by atoms with Crippen molar-refractivity contribution in [3.63, 3.8) is 0 Å². The lowest BCUT2D eigenvalue weighted by Crippen LogP contribution is -2.41. The van der Waals surface area contributed by atoms with Gasteiger partial charge in [0.1, 0.15) is 0 Å². The van der Waals surface area contributed by atoms with E-state index in [-0.39, 0.29) is 5.41 Å². The summed E-state index contributed by atoms with van der Waals surface area (Å²) < 4.78 is 80.8. The van der Waals surface area contributed by atoms with Crippen molar-refractivity contribution in [3.8, 4) is 0 Å². The molecule has 0 spiro atoms. The molecule has 3 aliphatic heterocycles. The van der Waals surface area contributed by atoms with Crippen LogP contribution < -0.4 is 0 Å². The van der Waals surface area contributed by atoms with Gasteiger partial charge in [-0.15, -0.1) is 0 Å². The number of fused-ring (bicyclic) bond motifs is 1. The maximum absolute atomic E-state index is 10.6. The molecule has 2 atom stereocenters. The minimum atomic E-state index is -5.08. The molecule has 0 saturated carbocycles. The highest BCUT2D eigenvalue weighted by Gasteiger charge is 2.52. The number of alkyl halides is 6. The number of hydrogen-bond acceptors (Lipinski definition) is 7. The standard InChI is InChI=1S/C18H26N2O3.2C2HF3O2/c1-2-6-19-16(3-1)11-23-14-18-12-20(9-15(18)10-22-13-18)17-4-7-21-8-5-17;2*3-2(4,5)1(6)7/h1-3,6,15,17H,4-5,7-14H2;2*(H,6,7)/t15-,18+;;/m1../s1. The number of likely N-dealkylation sites (tertiary alicyclic amines) is 1. The number of aliphatic carboxylic acids is 2. The normalized spacial score (nSPS) is 24.3. The van der Waals surface area contributed by atoms with E-state index in [0.717, 1.165) is 51.8 Å². The molecular formula is C22H28F6N2O7. The van der Waals surface area contributed by atoms with Gasteiger partial charge in [0.15, 0.2) is 0 Å². The van der Waals surface area contributed by atoms with Crippen LogP contribution in [0.1, 0.15) is 18.5 Å². The summed E-state index contributed by atoms with van der Waals surface area (Å²) >= 11 is 0. The van der Waals surface area contributed by atoms with E-state index in [0.29, 0.717) is 18.6 Å². The van der Waals surface area contributed by atoms with Crippen LogP contribution in [0.15, 0.2) is 24.4 Å². The number of aromatic nitrogens is 1. The van der Waals surface area contributed by atoms with Crippen molar-refractivity contribution in [2.45, 2.75) is 37.8 Å². The Labute approximate surface area is 208 Å². The molecule has 4 rings (SSSR count). The van der Waals surface area contributed by atoms with Gasteiger partial charge in [-0.1, -0.05) is 6.07 Å². The zero-order valence-electron chi connectivity index (χ0n) is 19.6. The SMILES string of the molecule is O=C(O)C(F)(F)F.O=C(O)C(F)(F)F.c1ccc(COC[C@]23COC[C@H]2CN(C2CCOCC2)C3)nc1. The van der Waals surface area contributed by atoms with E-state index in [1.54, 1.807) is 0 Å². The maximum atomic E-state index is 10.6. The van der Waals surface area contributed by atoms with Gasteiger partial charge in [-0.25, -0.2) is 9.59 Å². The molecule has 3 fully saturated rings. The topological polar surface area (TPSA) is 118 Å². The van der Waals surface area contributed by atoms with E-state index >= 15 is 0 Å². The first kappa shape index (κ1) is 30.7. The number of rotatable bonds is 5. The molecule has 37 heavy (non-hydrogen) atoms. The van der Waals surface area contributed by atoms with Crippen molar-refractivity contribution < 1.29 is 60.4 Å². The Kier molecular flexibility index (Phi) is 11.1. The molecule has 15 heteroatoms. The number of carbonyl (C=O) groups is 2. The molecule has 0 aromatic carbocycles. The van der Waals surface area contributed by atoms with Crippen molar-refractivity contribution in [3.05, 3.63) is 30.1 Å². The highest BCUT2D eigenvalue weighted by molar-refractivity contribution is 5.73. The Hall–Kier alpha value is -2.49. The zero-order chi connectivity index (χ0) is 27.7. The number of carboxylic acid groups (broad SMARTS) is 2. The van der Waals surface area contributed by atoms with Crippen molar-refractivity contribution in [1.29, 1.82) is 0 Å². The minimum Gasteiger partial charge on any atom is -0.475 e. The summed E-state index contributed by atoms with van der Waals surface area (Å²) in [6, 6.07) is 6.64. The van der Waals surface area contributed by atoms with Crippen molar-refractivity contribution in [1.82, 2.24) is 9.88 Å².